The maximum absolute atomic E-state index is 11.5. The van der Waals surface area contributed by atoms with Crippen molar-refractivity contribution in [3.63, 3.8) is 0 Å². The predicted molar refractivity (Wildman–Crippen MR) is 68.3 cm³/mol. The van der Waals surface area contributed by atoms with Gasteiger partial charge in [-0.3, -0.25) is 4.79 Å². The van der Waals surface area contributed by atoms with Gasteiger partial charge in [-0.05, 0) is 30.8 Å². The third kappa shape index (κ3) is 4.61. The molecule has 0 amide bonds. The Kier molecular flexibility index (Phi) is 6.66. The third-order valence-electron chi connectivity index (χ3n) is 2.15. The fraction of sp³-hybridized carbons (Fsp3) is 0.800. The maximum Gasteiger partial charge on any atom is 0.319 e. The van der Waals surface area contributed by atoms with Crippen LogP contribution in [-0.4, -0.2) is 51.1 Å². The molecule has 0 aromatic carbocycles. The molecule has 1 rings (SSSR count). The van der Waals surface area contributed by atoms with Gasteiger partial charge in [-0.25, -0.2) is 4.68 Å². The molecule has 0 radical (unpaired) electrons. The van der Waals surface area contributed by atoms with Crippen molar-refractivity contribution in [1.82, 2.24) is 25.5 Å². The number of nitrogens with one attached hydrogen (secondary N) is 1. The summed E-state index contributed by atoms with van der Waals surface area (Å²) in [4.78, 5) is 11.5. The molecule has 0 aliphatic carbocycles. The summed E-state index contributed by atoms with van der Waals surface area (Å²) >= 11 is 1.31. The van der Waals surface area contributed by atoms with Crippen LogP contribution in [0.25, 0.3) is 0 Å². The number of thioether (sulfide) groups is 1. The molecular weight excluding hydrogens is 254 g/mol. The summed E-state index contributed by atoms with van der Waals surface area (Å²) in [5.74, 6) is -0.247. The van der Waals surface area contributed by atoms with E-state index in [0.717, 1.165) is 13.1 Å². The van der Waals surface area contributed by atoms with Crippen LogP contribution >= 0.6 is 11.8 Å². The summed E-state index contributed by atoms with van der Waals surface area (Å²) in [6, 6.07) is 0. The summed E-state index contributed by atoms with van der Waals surface area (Å²) in [6.07, 6.45) is 0. The lowest BCUT2D eigenvalue weighted by Gasteiger charge is -2.09. The Bertz CT molecular complexity index is 371. The Hall–Kier alpha value is -1.15. The number of carbonyl (C=O) groups excluding carboxylic acids is 1. The lowest BCUT2D eigenvalue weighted by atomic mass is 10.5. The first-order chi connectivity index (χ1) is 8.69. The molecule has 0 spiro atoms. The number of esters is 1. The largest absolute Gasteiger partial charge is 0.465 e. The lowest BCUT2D eigenvalue weighted by molar-refractivity contribution is -0.142. The second-order valence-electron chi connectivity index (χ2n) is 3.55. The first kappa shape index (κ1) is 14.9. The van der Waals surface area contributed by atoms with Crippen LogP contribution in [0.4, 0.5) is 0 Å². The zero-order chi connectivity index (χ0) is 13.4. The molecule has 7 nitrogen and oxygen atoms in total. The number of ether oxygens (including phenoxy) is 1. The SMILES string of the molecule is CCNCCn1nnnc1SC(C)C(=O)OCC. The van der Waals surface area contributed by atoms with Gasteiger partial charge in [0.2, 0.25) is 5.16 Å². The van der Waals surface area contributed by atoms with Gasteiger partial charge in [-0.2, -0.15) is 0 Å². The van der Waals surface area contributed by atoms with Crippen LogP contribution in [0.2, 0.25) is 0 Å². The average molecular weight is 273 g/mol. The molecule has 0 aliphatic rings. The Morgan fingerprint density at radius 2 is 2.33 bits per heavy atom. The van der Waals surface area contributed by atoms with Crippen LogP contribution in [0, 0.1) is 0 Å². The molecule has 1 atom stereocenters. The molecule has 0 saturated heterocycles. The van der Waals surface area contributed by atoms with Crippen LogP contribution in [0.5, 0.6) is 0 Å². The normalized spacial score (nSPS) is 12.4. The van der Waals surface area contributed by atoms with E-state index in [1.807, 2.05) is 6.92 Å². The van der Waals surface area contributed by atoms with Gasteiger partial charge in [0.25, 0.3) is 0 Å². The van der Waals surface area contributed by atoms with Crippen LogP contribution in [0.1, 0.15) is 20.8 Å². The molecule has 18 heavy (non-hydrogen) atoms. The smallest absolute Gasteiger partial charge is 0.319 e. The number of likely N-dealkylation sites (N-methyl/N-ethyl adjacent to an activating group) is 1. The van der Waals surface area contributed by atoms with E-state index in [9.17, 15) is 4.79 Å². The van der Waals surface area contributed by atoms with Crippen molar-refractivity contribution in [2.45, 2.75) is 37.7 Å². The zero-order valence-electron chi connectivity index (χ0n) is 10.9. The van der Waals surface area contributed by atoms with E-state index in [1.54, 1.807) is 18.5 Å². The van der Waals surface area contributed by atoms with Crippen LogP contribution in [0.15, 0.2) is 5.16 Å². The van der Waals surface area contributed by atoms with Crippen molar-refractivity contribution < 1.29 is 9.53 Å². The Balaban J connectivity index is 2.51. The molecule has 0 bridgehead atoms. The summed E-state index contributed by atoms with van der Waals surface area (Å²) in [7, 11) is 0. The summed E-state index contributed by atoms with van der Waals surface area (Å²) in [5.41, 5.74) is 0. The van der Waals surface area contributed by atoms with Gasteiger partial charge in [-0.1, -0.05) is 18.7 Å². The highest BCUT2D eigenvalue weighted by Crippen LogP contribution is 2.20. The Morgan fingerprint density at radius 3 is 3.00 bits per heavy atom. The van der Waals surface area contributed by atoms with Gasteiger partial charge in [0, 0.05) is 6.54 Å². The number of hydrogen-bond acceptors (Lipinski definition) is 7. The molecule has 8 heteroatoms. The summed E-state index contributed by atoms with van der Waals surface area (Å²) in [5, 5.41) is 14.9. The maximum atomic E-state index is 11.5. The van der Waals surface area contributed by atoms with E-state index in [4.69, 9.17) is 4.74 Å². The number of aromatic nitrogens is 4. The number of rotatable bonds is 8. The van der Waals surface area contributed by atoms with Crippen molar-refractivity contribution >= 4 is 17.7 Å². The zero-order valence-corrected chi connectivity index (χ0v) is 11.7. The molecule has 1 aromatic heterocycles. The van der Waals surface area contributed by atoms with Crippen LogP contribution in [-0.2, 0) is 16.1 Å². The second kappa shape index (κ2) is 8.04. The van der Waals surface area contributed by atoms with Crippen LogP contribution < -0.4 is 5.32 Å². The average Bonchev–Trinajstić information content (AvgIpc) is 2.77. The minimum absolute atomic E-state index is 0.247. The van der Waals surface area contributed by atoms with Gasteiger partial charge >= 0.3 is 5.97 Å². The van der Waals surface area contributed by atoms with E-state index in [2.05, 4.69) is 20.8 Å². The quantitative estimate of drug-likeness (QED) is 0.415. The monoisotopic (exact) mass is 273 g/mol. The molecule has 0 saturated carbocycles. The van der Waals surface area contributed by atoms with Gasteiger partial charge in [0.15, 0.2) is 0 Å². The minimum atomic E-state index is -0.311. The van der Waals surface area contributed by atoms with Gasteiger partial charge in [0.05, 0.1) is 13.2 Å². The molecular formula is C10H19N5O2S. The highest BCUT2D eigenvalue weighted by molar-refractivity contribution is 8.00. The van der Waals surface area contributed by atoms with E-state index in [1.165, 1.54) is 11.8 Å². The first-order valence-electron chi connectivity index (χ1n) is 5.99. The van der Waals surface area contributed by atoms with Crippen molar-refractivity contribution in [2.24, 2.45) is 0 Å². The van der Waals surface area contributed by atoms with Gasteiger partial charge < -0.3 is 10.1 Å². The van der Waals surface area contributed by atoms with E-state index < -0.39 is 0 Å². The molecule has 1 unspecified atom stereocenters. The van der Waals surface area contributed by atoms with Gasteiger partial charge in [0.1, 0.15) is 5.25 Å². The fourth-order valence-electron chi connectivity index (χ4n) is 1.25. The van der Waals surface area contributed by atoms with E-state index >= 15 is 0 Å². The minimum Gasteiger partial charge on any atom is -0.465 e. The number of carbonyl (C=O) groups is 1. The van der Waals surface area contributed by atoms with Crippen molar-refractivity contribution in [1.29, 1.82) is 0 Å². The number of tetrazole rings is 1. The van der Waals surface area contributed by atoms with E-state index in [0.29, 0.717) is 18.3 Å². The predicted octanol–water partition coefficient (Wildman–Crippen LogP) is 0.326. The highest BCUT2D eigenvalue weighted by atomic mass is 32.2. The van der Waals surface area contributed by atoms with Crippen molar-refractivity contribution in [3.05, 3.63) is 0 Å². The molecule has 102 valence electrons. The number of nitrogens with zero attached hydrogens (tertiary/aromatic N) is 4. The topological polar surface area (TPSA) is 81.9 Å². The summed E-state index contributed by atoms with van der Waals surface area (Å²) < 4.78 is 6.62. The van der Waals surface area contributed by atoms with E-state index in [-0.39, 0.29) is 11.2 Å². The first-order valence-corrected chi connectivity index (χ1v) is 6.87. The highest BCUT2D eigenvalue weighted by Gasteiger charge is 2.19. The van der Waals surface area contributed by atoms with Crippen molar-refractivity contribution in [2.75, 3.05) is 19.7 Å². The standard InChI is InChI=1S/C10H19N5O2S/c1-4-11-6-7-15-10(12-13-14-15)18-8(3)9(16)17-5-2/h8,11H,4-7H2,1-3H3. The molecule has 1 aromatic rings. The van der Waals surface area contributed by atoms with Gasteiger partial charge in [-0.15, -0.1) is 5.10 Å². The van der Waals surface area contributed by atoms with Crippen LogP contribution in [0.3, 0.4) is 0 Å². The lowest BCUT2D eigenvalue weighted by Crippen LogP contribution is -2.21. The Morgan fingerprint density at radius 1 is 1.56 bits per heavy atom. The molecule has 0 fully saturated rings. The fourth-order valence-corrected chi connectivity index (χ4v) is 2.06. The molecule has 1 heterocycles. The third-order valence-corrected chi connectivity index (χ3v) is 3.20. The molecule has 0 aliphatic heterocycles. The molecule has 1 N–H and O–H groups in total. The number of hydrogen-bond donors (Lipinski definition) is 1. The van der Waals surface area contributed by atoms with Crippen molar-refractivity contribution in [3.8, 4) is 0 Å². The summed E-state index contributed by atoms with van der Waals surface area (Å²) in [6.45, 7) is 8.38. The second-order valence-corrected chi connectivity index (χ2v) is 4.86. The Labute approximate surface area is 111 Å².